The molecular formula is C10H11ClN4. The van der Waals surface area contributed by atoms with Gasteiger partial charge >= 0.3 is 0 Å². The average Bonchev–Trinajstić information content (AvgIpc) is 2.79. The van der Waals surface area contributed by atoms with Crippen molar-refractivity contribution in [2.24, 2.45) is 0 Å². The van der Waals surface area contributed by atoms with Crippen LogP contribution in [-0.4, -0.2) is 14.8 Å². The van der Waals surface area contributed by atoms with Crippen molar-refractivity contribution in [3.05, 3.63) is 41.9 Å². The van der Waals surface area contributed by atoms with Crippen LogP contribution in [0.4, 0.5) is 0 Å². The molecule has 0 bridgehead atoms. The van der Waals surface area contributed by atoms with Crippen molar-refractivity contribution in [3.8, 4) is 5.82 Å². The van der Waals surface area contributed by atoms with E-state index in [1.807, 2.05) is 29.1 Å². The number of aromatic nitrogens is 3. The Labute approximate surface area is 93.7 Å². The molecule has 1 aliphatic heterocycles. The van der Waals surface area contributed by atoms with E-state index < -0.39 is 0 Å². The number of rotatable bonds is 1. The molecular weight excluding hydrogens is 212 g/mol. The first kappa shape index (κ1) is 10.1. The molecule has 1 aliphatic rings. The number of nitrogens with zero attached hydrogens (tertiary/aromatic N) is 3. The monoisotopic (exact) mass is 222 g/mol. The minimum Gasteiger partial charge on any atom is -0.307 e. The van der Waals surface area contributed by atoms with Crippen molar-refractivity contribution in [3.63, 3.8) is 0 Å². The lowest BCUT2D eigenvalue weighted by atomic mass is 10.3. The van der Waals surface area contributed by atoms with Gasteiger partial charge in [-0.05, 0) is 12.1 Å². The van der Waals surface area contributed by atoms with E-state index in [0.717, 1.165) is 18.9 Å². The lowest BCUT2D eigenvalue weighted by molar-refractivity contribution is 0.704. The minimum absolute atomic E-state index is 0. The van der Waals surface area contributed by atoms with Gasteiger partial charge in [-0.1, -0.05) is 6.07 Å². The van der Waals surface area contributed by atoms with Crippen molar-refractivity contribution in [2.75, 3.05) is 0 Å². The number of halogens is 1. The van der Waals surface area contributed by atoms with E-state index >= 15 is 0 Å². The second kappa shape index (κ2) is 4.00. The standard InChI is InChI=1S/C10H10N4.ClH/c1-2-4-12-10(3-1)14-9-7-11-5-8(9)6-13-14;/h1-4,6,11H,5,7H2;1H. The molecule has 78 valence electrons. The zero-order valence-corrected chi connectivity index (χ0v) is 8.87. The van der Waals surface area contributed by atoms with Gasteiger partial charge < -0.3 is 5.32 Å². The normalized spacial score (nSPS) is 13.3. The molecule has 5 heteroatoms. The van der Waals surface area contributed by atoms with Crippen molar-refractivity contribution in [2.45, 2.75) is 13.1 Å². The summed E-state index contributed by atoms with van der Waals surface area (Å²) in [6.07, 6.45) is 3.69. The lowest BCUT2D eigenvalue weighted by Gasteiger charge is -2.02. The van der Waals surface area contributed by atoms with Gasteiger partial charge in [0.05, 0.1) is 11.9 Å². The molecule has 0 radical (unpaired) electrons. The Kier molecular flexibility index (Phi) is 2.70. The molecule has 2 aromatic heterocycles. The lowest BCUT2D eigenvalue weighted by Crippen LogP contribution is -2.08. The van der Waals surface area contributed by atoms with Crippen molar-refractivity contribution in [1.82, 2.24) is 20.1 Å². The summed E-state index contributed by atoms with van der Waals surface area (Å²) in [4.78, 5) is 4.27. The van der Waals surface area contributed by atoms with Crippen molar-refractivity contribution < 1.29 is 0 Å². The summed E-state index contributed by atoms with van der Waals surface area (Å²) in [5, 5.41) is 7.61. The van der Waals surface area contributed by atoms with Crippen LogP contribution in [0, 0.1) is 0 Å². The maximum Gasteiger partial charge on any atom is 0.153 e. The van der Waals surface area contributed by atoms with Crippen LogP contribution in [0.3, 0.4) is 0 Å². The topological polar surface area (TPSA) is 42.7 Å². The zero-order chi connectivity index (χ0) is 9.38. The van der Waals surface area contributed by atoms with Gasteiger partial charge in [0, 0.05) is 24.8 Å². The highest BCUT2D eigenvalue weighted by Gasteiger charge is 2.16. The highest BCUT2D eigenvalue weighted by molar-refractivity contribution is 5.85. The fraction of sp³-hybridized carbons (Fsp3) is 0.200. The van der Waals surface area contributed by atoms with E-state index in [1.54, 1.807) is 6.20 Å². The summed E-state index contributed by atoms with van der Waals surface area (Å²) in [5.41, 5.74) is 2.50. The van der Waals surface area contributed by atoms with Crippen LogP contribution in [0.1, 0.15) is 11.3 Å². The second-order valence-electron chi connectivity index (χ2n) is 3.32. The summed E-state index contributed by atoms with van der Waals surface area (Å²) in [5.74, 6) is 0.887. The van der Waals surface area contributed by atoms with E-state index in [0.29, 0.717) is 0 Å². The predicted octanol–water partition coefficient (Wildman–Crippen LogP) is 1.29. The molecule has 3 heterocycles. The van der Waals surface area contributed by atoms with E-state index in [2.05, 4.69) is 15.4 Å². The summed E-state index contributed by atoms with van der Waals surface area (Å²) in [7, 11) is 0. The third-order valence-electron chi connectivity index (χ3n) is 2.43. The Morgan fingerprint density at radius 3 is 3.00 bits per heavy atom. The van der Waals surface area contributed by atoms with Crippen molar-refractivity contribution in [1.29, 1.82) is 0 Å². The Morgan fingerprint density at radius 2 is 2.20 bits per heavy atom. The van der Waals surface area contributed by atoms with Gasteiger partial charge in [-0.2, -0.15) is 5.10 Å². The minimum atomic E-state index is 0. The third kappa shape index (κ3) is 1.62. The molecule has 0 saturated carbocycles. The molecule has 0 unspecified atom stereocenters. The molecule has 0 fully saturated rings. The van der Waals surface area contributed by atoms with Crippen LogP contribution in [-0.2, 0) is 13.1 Å². The Bertz CT molecular complexity index is 452. The molecule has 0 aromatic carbocycles. The van der Waals surface area contributed by atoms with Crippen LogP contribution < -0.4 is 5.32 Å². The van der Waals surface area contributed by atoms with Crippen molar-refractivity contribution >= 4 is 12.4 Å². The number of pyridine rings is 1. The van der Waals surface area contributed by atoms with Crippen LogP contribution in [0.5, 0.6) is 0 Å². The maximum atomic E-state index is 4.32. The third-order valence-corrected chi connectivity index (χ3v) is 2.43. The smallest absolute Gasteiger partial charge is 0.153 e. The zero-order valence-electron chi connectivity index (χ0n) is 8.05. The molecule has 3 rings (SSSR count). The van der Waals surface area contributed by atoms with Crippen LogP contribution >= 0.6 is 12.4 Å². The largest absolute Gasteiger partial charge is 0.307 e. The highest BCUT2D eigenvalue weighted by atomic mass is 35.5. The van der Waals surface area contributed by atoms with E-state index in [4.69, 9.17) is 0 Å². The van der Waals surface area contributed by atoms with Crippen LogP contribution in [0.15, 0.2) is 30.6 Å². The Balaban J connectivity index is 0.000000853. The van der Waals surface area contributed by atoms with Gasteiger partial charge in [-0.15, -0.1) is 12.4 Å². The Hall–Kier alpha value is -1.39. The van der Waals surface area contributed by atoms with Gasteiger partial charge in [0.1, 0.15) is 0 Å². The summed E-state index contributed by atoms with van der Waals surface area (Å²) >= 11 is 0. The molecule has 15 heavy (non-hydrogen) atoms. The van der Waals surface area contributed by atoms with Gasteiger partial charge in [0.2, 0.25) is 0 Å². The average molecular weight is 223 g/mol. The molecule has 0 amide bonds. The van der Waals surface area contributed by atoms with Gasteiger partial charge in [-0.3, -0.25) is 0 Å². The first-order valence-electron chi connectivity index (χ1n) is 4.63. The predicted molar refractivity (Wildman–Crippen MR) is 59.2 cm³/mol. The molecule has 1 N–H and O–H groups in total. The molecule has 0 spiro atoms. The molecule has 0 aliphatic carbocycles. The van der Waals surface area contributed by atoms with Crippen LogP contribution in [0.25, 0.3) is 5.82 Å². The van der Waals surface area contributed by atoms with E-state index in [1.165, 1.54) is 11.3 Å². The summed E-state index contributed by atoms with van der Waals surface area (Å²) in [6.45, 7) is 1.80. The first-order chi connectivity index (χ1) is 6.95. The SMILES string of the molecule is Cl.c1ccc(-n2ncc3c2CNC3)nc1. The molecule has 2 aromatic rings. The maximum absolute atomic E-state index is 4.32. The first-order valence-corrected chi connectivity index (χ1v) is 4.63. The number of fused-ring (bicyclic) bond motifs is 1. The van der Waals surface area contributed by atoms with Gasteiger partial charge in [-0.25, -0.2) is 9.67 Å². The Morgan fingerprint density at radius 1 is 1.27 bits per heavy atom. The van der Waals surface area contributed by atoms with Gasteiger partial charge in [0.15, 0.2) is 5.82 Å². The quantitative estimate of drug-likeness (QED) is 0.791. The van der Waals surface area contributed by atoms with Crippen LogP contribution in [0.2, 0.25) is 0 Å². The fourth-order valence-electron chi connectivity index (χ4n) is 1.74. The second-order valence-corrected chi connectivity index (χ2v) is 3.32. The number of hydrogen-bond donors (Lipinski definition) is 1. The highest BCUT2D eigenvalue weighted by Crippen LogP contribution is 2.17. The van der Waals surface area contributed by atoms with E-state index in [9.17, 15) is 0 Å². The number of nitrogens with one attached hydrogen (secondary N) is 1. The van der Waals surface area contributed by atoms with Gasteiger partial charge in [0.25, 0.3) is 0 Å². The number of hydrogen-bond acceptors (Lipinski definition) is 3. The fourth-order valence-corrected chi connectivity index (χ4v) is 1.74. The summed E-state index contributed by atoms with van der Waals surface area (Å²) < 4.78 is 1.90. The van der Waals surface area contributed by atoms with E-state index in [-0.39, 0.29) is 12.4 Å². The molecule has 0 saturated heterocycles. The molecule has 4 nitrogen and oxygen atoms in total. The summed E-state index contributed by atoms with van der Waals surface area (Å²) in [6, 6.07) is 5.84. The molecule has 0 atom stereocenters.